The Morgan fingerprint density at radius 1 is 0.945 bits per heavy atom. The van der Waals surface area contributed by atoms with Gasteiger partial charge in [-0.3, -0.25) is 19.1 Å². The molecule has 0 aromatic heterocycles. The molecular weight excluding hydrogens is 727 g/mol. The Morgan fingerprint density at radius 2 is 1.55 bits per heavy atom. The lowest BCUT2D eigenvalue weighted by Gasteiger charge is -2.36. The average Bonchev–Trinajstić information content (AvgIpc) is 4.01. The van der Waals surface area contributed by atoms with Crippen molar-refractivity contribution in [3.8, 4) is 11.1 Å². The molecule has 15 heteroatoms. The number of nitrogens with one attached hydrogen (secondary N) is 4. The monoisotopic (exact) mass is 777 g/mol. The topological polar surface area (TPSA) is 189 Å². The minimum absolute atomic E-state index is 0.0510. The van der Waals surface area contributed by atoms with Crippen LogP contribution in [0.25, 0.3) is 11.1 Å². The fraction of sp³-hybridized carbons (Fsp3) is 0.525. The molecule has 6 rings (SSSR count). The van der Waals surface area contributed by atoms with E-state index in [-0.39, 0.29) is 31.9 Å². The van der Waals surface area contributed by atoms with E-state index in [9.17, 15) is 32.4 Å². The predicted molar refractivity (Wildman–Crippen MR) is 204 cm³/mol. The van der Waals surface area contributed by atoms with Gasteiger partial charge in [-0.05, 0) is 74.1 Å². The zero-order valence-corrected chi connectivity index (χ0v) is 33.0. The van der Waals surface area contributed by atoms with Crippen LogP contribution in [-0.4, -0.2) is 90.9 Å². The highest BCUT2D eigenvalue weighted by atomic mass is 32.2. The van der Waals surface area contributed by atoms with Gasteiger partial charge in [-0.15, -0.1) is 6.58 Å². The second kappa shape index (κ2) is 14.6. The molecule has 296 valence electrons. The van der Waals surface area contributed by atoms with Crippen molar-refractivity contribution in [1.29, 1.82) is 0 Å². The van der Waals surface area contributed by atoms with Gasteiger partial charge in [-0.25, -0.2) is 18.0 Å². The summed E-state index contributed by atoms with van der Waals surface area (Å²) in [6, 6.07) is 12.7. The molecule has 3 unspecified atom stereocenters. The molecule has 14 nitrogen and oxygen atoms in total. The number of amides is 5. The van der Waals surface area contributed by atoms with Gasteiger partial charge in [0.05, 0.1) is 11.3 Å². The van der Waals surface area contributed by atoms with Crippen LogP contribution in [0.5, 0.6) is 0 Å². The first kappa shape index (κ1) is 39.8. The minimum atomic E-state index is -3.92. The van der Waals surface area contributed by atoms with Crippen molar-refractivity contribution in [2.45, 2.75) is 108 Å². The molecule has 5 amide bonds. The molecule has 2 aromatic carbocycles. The van der Waals surface area contributed by atoms with Crippen molar-refractivity contribution in [2.24, 2.45) is 11.3 Å². The van der Waals surface area contributed by atoms with Gasteiger partial charge in [0.25, 0.3) is 5.91 Å². The molecule has 1 heterocycles. The second-order valence-electron chi connectivity index (χ2n) is 17.0. The van der Waals surface area contributed by atoms with Gasteiger partial charge >= 0.3 is 12.2 Å². The average molecular weight is 778 g/mol. The number of hydrogen-bond acceptors (Lipinski definition) is 9. The zero-order valence-electron chi connectivity index (χ0n) is 32.1. The SMILES string of the molecule is C=CC1CC1(NC(=O)[C@@H]1CC(NC(=O)OCC2c3ccccc3-c3ccccc32)CN1C(=O)[C@@H](NC(=O)OC(C)(C)C)C(C)(C)C)C(=O)NS(=O)(=O)C1CC1. The van der Waals surface area contributed by atoms with Gasteiger partial charge in [0, 0.05) is 18.4 Å². The number of carbonyl (C=O) groups is 5. The van der Waals surface area contributed by atoms with Crippen LogP contribution in [-0.2, 0) is 33.9 Å². The lowest BCUT2D eigenvalue weighted by Crippen LogP contribution is -2.60. The second-order valence-corrected chi connectivity index (χ2v) is 19.0. The van der Waals surface area contributed by atoms with Crippen molar-refractivity contribution in [3.05, 3.63) is 72.3 Å². The smallest absolute Gasteiger partial charge is 0.408 e. The fourth-order valence-electron chi connectivity index (χ4n) is 7.50. The summed E-state index contributed by atoms with van der Waals surface area (Å²) in [5, 5.41) is 7.57. The van der Waals surface area contributed by atoms with Crippen molar-refractivity contribution in [2.75, 3.05) is 13.2 Å². The highest BCUT2D eigenvalue weighted by molar-refractivity contribution is 7.91. The number of sulfonamides is 1. The summed E-state index contributed by atoms with van der Waals surface area (Å²) in [6.45, 7) is 14.0. The summed E-state index contributed by atoms with van der Waals surface area (Å²) in [4.78, 5) is 69.7. The third kappa shape index (κ3) is 8.51. The van der Waals surface area contributed by atoms with E-state index in [1.807, 2.05) is 48.5 Å². The van der Waals surface area contributed by atoms with Crippen LogP contribution in [0.2, 0.25) is 0 Å². The molecule has 2 saturated carbocycles. The van der Waals surface area contributed by atoms with E-state index in [2.05, 4.69) is 27.3 Å². The van der Waals surface area contributed by atoms with Crippen LogP contribution in [0.4, 0.5) is 9.59 Å². The van der Waals surface area contributed by atoms with Gasteiger partial charge < -0.3 is 30.3 Å². The number of carbonyl (C=O) groups excluding carboxylic acids is 5. The van der Waals surface area contributed by atoms with E-state index in [4.69, 9.17) is 9.47 Å². The standard InChI is InChI=1S/C40H51N5O9S/c1-8-23-20-40(23,35(48)44-55(51,52)25-17-18-25)43-33(46)31-19-24(21-45(31)34(47)32(38(2,3)4)42-37(50)54-39(5,6)7)41-36(49)53-22-30-28-15-11-9-13-26(28)27-14-10-12-16-29(27)30/h8-16,23-25,30-32H,1,17-22H2,2-7H3,(H,41,49)(H,42,50)(H,43,46)(H,44,48)/t23?,24?,31-,32+,40?/m0/s1. The fourth-order valence-corrected chi connectivity index (χ4v) is 8.86. The zero-order chi connectivity index (χ0) is 40.1. The molecule has 55 heavy (non-hydrogen) atoms. The van der Waals surface area contributed by atoms with E-state index in [0.717, 1.165) is 22.3 Å². The summed E-state index contributed by atoms with van der Waals surface area (Å²) in [5.74, 6) is -2.95. The van der Waals surface area contributed by atoms with Crippen LogP contribution in [0.1, 0.15) is 84.3 Å². The van der Waals surface area contributed by atoms with Gasteiger partial charge in [-0.2, -0.15) is 0 Å². The molecule has 0 spiro atoms. The van der Waals surface area contributed by atoms with Crippen molar-refractivity contribution >= 4 is 39.9 Å². The Kier molecular flexibility index (Phi) is 10.6. The first-order valence-electron chi connectivity index (χ1n) is 18.7. The Balaban J connectivity index is 1.21. The maximum absolute atomic E-state index is 14.4. The number of benzene rings is 2. The van der Waals surface area contributed by atoms with Crippen molar-refractivity contribution in [1.82, 2.24) is 25.6 Å². The Bertz CT molecular complexity index is 1960. The predicted octanol–water partition coefficient (Wildman–Crippen LogP) is 4.10. The number of ether oxygens (including phenoxy) is 2. The first-order chi connectivity index (χ1) is 25.7. The van der Waals surface area contributed by atoms with E-state index in [1.54, 1.807) is 41.5 Å². The molecule has 3 fully saturated rings. The molecule has 4 aliphatic rings. The minimum Gasteiger partial charge on any atom is -0.449 e. The maximum atomic E-state index is 14.4. The Labute approximate surface area is 322 Å². The first-order valence-corrected chi connectivity index (χ1v) is 20.2. The number of nitrogens with zero attached hydrogens (tertiary/aromatic N) is 1. The van der Waals surface area contributed by atoms with Crippen LogP contribution in [0.15, 0.2) is 61.2 Å². The van der Waals surface area contributed by atoms with Crippen LogP contribution in [0.3, 0.4) is 0 Å². The number of rotatable bonds is 11. The third-order valence-corrected chi connectivity index (χ3v) is 12.4. The third-order valence-electron chi connectivity index (χ3n) is 10.6. The molecule has 0 bridgehead atoms. The Hall–Kier alpha value is -4.92. The number of fused-ring (bicyclic) bond motifs is 3. The quantitative estimate of drug-likeness (QED) is 0.244. The summed E-state index contributed by atoms with van der Waals surface area (Å²) in [7, 11) is -3.92. The highest BCUT2D eigenvalue weighted by Crippen LogP contribution is 2.46. The largest absolute Gasteiger partial charge is 0.449 e. The molecule has 3 aliphatic carbocycles. The van der Waals surface area contributed by atoms with Gasteiger partial charge in [0.2, 0.25) is 21.8 Å². The van der Waals surface area contributed by atoms with Gasteiger partial charge in [-0.1, -0.05) is 75.4 Å². The summed E-state index contributed by atoms with van der Waals surface area (Å²) in [5.41, 5.74) is 0.935. The van der Waals surface area contributed by atoms with E-state index < -0.39 is 85.8 Å². The van der Waals surface area contributed by atoms with Crippen molar-refractivity contribution < 1.29 is 41.9 Å². The van der Waals surface area contributed by atoms with Crippen LogP contribution in [0, 0.1) is 11.3 Å². The molecule has 0 radical (unpaired) electrons. The lowest BCUT2D eigenvalue weighted by molar-refractivity contribution is -0.143. The highest BCUT2D eigenvalue weighted by Gasteiger charge is 2.62. The van der Waals surface area contributed by atoms with E-state index >= 15 is 0 Å². The lowest BCUT2D eigenvalue weighted by atomic mass is 9.85. The number of alkyl carbamates (subject to hydrolysis) is 2. The molecule has 2 aromatic rings. The Morgan fingerprint density at radius 3 is 2.07 bits per heavy atom. The van der Waals surface area contributed by atoms with Gasteiger partial charge in [0.15, 0.2) is 0 Å². The molecule has 1 saturated heterocycles. The molecular formula is C40H51N5O9S. The number of likely N-dealkylation sites (tertiary alicyclic amines) is 1. The van der Waals surface area contributed by atoms with Gasteiger partial charge in [0.1, 0.15) is 29.8 Å². The van der Waals surface area contributed by atoms with Crippen molar-refractivity contribution in [3.63, 3.8) is 0 Å². The summed E-state index contributed by atoms with van der Waals surface area (Å²) >= 11 is 0. The van der Waals surface area contributed by atoms with Crippen LogP contribution < -0.4 is 20.7 Å². The number of hydrogen-bond donors (Lipinski definition) is 4. The molecule has 1 aliphatic heterocycles. The van der Waals surface area contributed by atoms with Crippen LogP contribution >= 0.6 is 0 Å². The van der Waals surface area contributed by atoms with E-state index in [0.29, 0.717) is 12.8 Å². The maximum Gasteiger partial charge on any atom is 0.408 e. The molecule has 5 atom stereocenters. The van der Waals surface area contributed by atoms with E-state index in [1.165, 1.54) is 11.0 Å². The molecule has 4 N–H and O–H groups in total. The summed E-state index contributed by atoms with van der Waals surface area (Å²) in [6.07, 6.45) is 0.849. The summed E-state index contributed by atoms with van der Waals surface area (Å²) < 4.78 is 38.7. The normalized spacial score (nSPS) is 23.7.